The maximum Gasteiger partial charge on any atom is 0.0972 e. The van der Waals surface area contributed by atoms with Gasteiger partial charge in [0.25, 0.3) is 0 Å². The Morgan fingerprint density at radius 1 is 1.50 bits per heavy atom. The average Bonchev–Trinajstić information content (AvgIpc) is 2.02. The van der Waals surface area contributed by atoms with Gasteiger partial charge in [0.1, 0.15) is 0 Å². The molecule has 0 aromatic rings. The number of hydrogen-bond acceptors (Lipinski definition) is 3. The predicted molar refractivity (Wildman–Crippen MR) is 50.1 cm³/mol. The van der Waals surface area contributed by atoms with Crippen molar-refractivity contribution in [2.75, 3.05) is 13.2 Å². The van der Waals surface area contributed by atoms with Gasteiger partial charge in [-0.2, -0.15) is 0 Å². The van der Waals surface area contributed by atoms with Crippen LogP contribution in [-0.2, 0) is 0 Å². The second-order valence-corrected chi connectivity index (χ2v) is 3.73. The minimum Gasteiger partial charge on any atom is -0.393 e. The second kappa shape index (κ2) is 5.51. The van der Waals surface area contributed by atoms with Gasteiger partial charge in [-0.05, 0) is 20.3 Å². The van der Waals surface area contributed by atoms with Gasteiger partial charge < -0.3 is 15.5 Å². The highest BCUT2D eigenvalue weighted by molar-refractivity contribution is 4.75. The van der Waals surface area contributed by atoms with Crippen LogP contribution in [0.2, 0.25) is 0 Å². The summed E-state index contributed by atoms with van der Waals surface area (Å²) < 4.78 is 0. The number of nitrogens with one attached hydrogen (secondary N) is 1. The van der Waals surface area contributed by atoms with E-state index in [-0.39, 0.29) is 6.61 Å². The van der Waals surface area contributed by atoms with Crippen molar-refractivity contribution in [1.82, 2.24) is 5.32 Å². The average molecular weight is 175 g/mol. The van der Waals surface area contributed by atoms with E-state index in [0.29, 0.717) is 12.6 Å². The number of rotatable bonds is 6. The first kappa shape index (κ1) is 11.9. The molecule has 0 aliphatic carbocycles. The molecule has 3 N–H and O–H groups in total. The van der Waals surface area contributed by atoms with E-state index in [1.54, 1.807) is 6.92 Å². The van der Waals surface area contributed by atoms with E-state index >= 15 is 0 Å². The van der Waals surface area contributed by atoms with Crippen LogP contribution in [0.15, 0.2) is 0 Å². The predicted octanol–water partition coefficient (Wildman–Crippen LogP) is 0.508. The van der Waals surface area contributed by atoms with E-state index in [2.05, 4.69) is 19.2 Å². The quantitative estimate of drug-likeness (QED) is 0.551. The third kappa shape index (κ3) is 5.52. The summed E-state index contributed by atoms with van der Waals surface area (Å²) in [6.07, 6.45) is 2.23. The molecule has 0 spiro atoms. The molecule has 0 aromatic heterocycles. The van der Waals surface area contributed by atoms with Crippen LogP contribution < -0.4 is 5.32 Å². The molecule has 12 heavy (non-hydrogen) atoms. The van der Waals surface area contributed by atoms with Crippen LogP contribution in [0.4, 0.5) is 0 Å². The first-order valence-electron chi connectivity index (χ1n) is 4.58. The van der Waals surface area contributed by atoms with Gasteiger partial charge in [-0.1, -0.05) is 13.3 Å². The van der Waals surface area contributed by atoms with Crippen LogP contribution >= 0.6 is 0 Å². The third-order valence-corrected chi connectivity index (χ3v) is 1.89. The van der Waals surface area contributed by atoms with Gasteiger partial charge in [-0.3, -0.25) is 0 Å². The lowest BCUT2D eigenvalue weighted by Crippen LogP contribution is -2.44. The van der Waals surface area contributed by atoms with Gasteiger partial charge in [0.05, 0.1) is 12.2 Å². The number of hydrogen-bond donors (Lipinski definition) is 3. The maximum absolute atomic E-state index is 9.43. The fraction of sp³-hybridized carbons (Fsp3) is 1.00. The molecule has 3 nitrogen and oxygen atoms in total. The highest BCUT2D eigenvalue weighted by atomic mass is 16.3. The molecule has 0 bridgehead atoms. The summed E-state index contributed by atoms with van der Waals surface area (Å²) >= 11 is 0. The van der Waals surface area contributed by atoms with Crippen molar-refractivity contribution in [3.8, 4) is 0 Å². The Morgan fingerprint density at radius 3 is 2.50 bits per heavy atom. The van der Waals surface area contributed by atoms with E-state index in [0.717, 1.165) is 12.8 Å². The van der Waals surface area contributed by atoms with E-state index in [1.165, 1.54) is 0 Å². The van der Waals surface area contributed by atoms with Gasteiger partial charge in [0.15, 0.2) is 0 Å². The van der Waals surface area contributed by atoms with Crippen molar-refractivity contribution in [2.24, 2.45) is 0 Å². The van der Waals surface area contributed by atoms with Gasteiger partial charge in [0, 0.05) is 12.6 Å². The zero-order valence-electron chi connectivity index (χ0n) is 8.30. The van der Waals surface area contributed by atoms with Gasteiger partial charge >= 0.3 is 0 Å². The Kier molecular flexibility index (Phi) is 5.46. The first-order valence-corrected chi connectivity index (χ1v) is 4.58. The topological polar surface area (TPSA) is 52.5 Å². The molecule has 0 aliphatic rings. The fourth-order valence-electron chi connectivity index (χ4n) is 0.985. The Bertz CT molecular complexity index is 115. The van der Waals surface area contributed by atoms with Crippen molar-refractivity contribution in [3.63, 3.8) is 0 Å². The van der Waals surface area contributed by atoms with Gasteiger partial charge in [-0.15, -0.1) is 0 Å². The van der Waals surface area contributed by atoms with Gasteiger partial charge in [-0.25, -0.2) is 0 Å². The van der Waals surface area contributed by atoms with Crippen LogP contribution in [-0.4, -0.2) is 35.0 Å². The summed E-state index contributed by atoms with van der Waals surface area (Å²) in [5.41, 5.74) is -0.984. The standard InChI is InChI=1S/C9H21NO2/c1-4-5-8(2)10-6-9(3,12)7-11/h8,10-12H,4-7H2,1-3H3. The summed E-state index contributed by atoms with van der Waals surface area (Å²) in [5, 5.41) is 21.3. The largest absolute Gasteiger partial charge is 0.393 e. The molecule has 2 unspecified atom stereocenters. The van der Waals surface area contributed by atoms with E-state index in [9.17, 15) is 5.11 Å². The molecule has 0 radical (unpaired) electrons. The third-order valence-electron chi connectivity index (χ3n) is 1.89. The van der Waals surface area contributed by atoms with Crippen LogP contribution in [0.5, 0.6) is 0 Å². The van der Waals surface area contributed by atoms with Gasteiger partial charge in [0.2, 0.25) is 0 Å². The molecule has 74 valence electrons. The maximum atomic E-state index is 9.43. The van der Waals surface area contributed by atoms with Crippen molar-refractivity contribution in [3.05, 3.63) is 0 Å². The molecule has 0 saturated heterocycles. The molecule has 0 saturated carbocycles. The zero-order chi connectivity index (χ0) is 9.61. The molecule has 0 rings (SSSR count). The second-order valence-electron chi connectivity index (χ2n) is 3.73. The molecule has 0 heterocycles. The minimum atomic E-state index is -0.984. The lowest BCUT2D eigenvalue weighted by Gasteiger charge is -2.23. The molecule has 0 amide bonds. The Morgan fingerprint density at radius 2 is 2.08 bits per heavy atom. The van der Waals surface area contributed by atoms with Crippen LogP contribution in [0, 0.1) is 0 Å². The normalized spacial score (nSPS) is 18.8. The lowest BCUT2D eigenvalue weighted by molar-refractivity contribution is 0.000933. The van der Waals surface area contributed by atoms with Crippen molar-refractivity contribution < 1.29 is 10.2 Å². The molecule has 0 aromatic carbocycles. The van der Waals surface area contributed by atoms with E-state index in [1.807, 2.05) is 0 Å². The molecule has 3 heteroatoms. The Labute approximate surface area is 74.8 Å². The van der Waals surface area contributed by atoms with E-state index < -0.39 is 5.60 Å². The molecule has 0 aliphatic heterocycles. The SMILES string of the molecule is CCCC(C)NCC(C)(O)CO. The van der Waals surface area contributed by atoms with Crippen LogP contribution in [0.3, 0.4) is 0 Å². The Balaban J connectivity index is 3.52. The van der Waals surface area contributed by atoms with Crippen LogP contribution in [0.25, 0.3) is 0 Å². The van der Waals surface area contributed by atoms with Crippen LogP contribution in [0.1, 0.15) is 33.6 Å². The van der Waals surface area contributed by atoms with Crippen molar-refractivity contribution >= 4 is 0 Å². The molecule has 2 atom stereocenters. The van der Waals surface area contributed by atoms with E-state index in [4.69, 9.17) is 5.11 Å². The highest BCUT2D eigenvalue weighted by Crippen LogP contribution is 2.01. The zero-order valence-corrected chi connectivity index (χ0v) is 8.30. The molecular formula is C9H21NO2. The number of aliphatic hydroxyl groups excluding tert-OH is 1. The molecule has 0 fully saturated rings. The minimum absolute atomic E-state index is 0.196. The number of aliphatic hydroxyl groups is 2. The van der Waals surface area contributed by atoms with Crippen molar-refractivity contribution in [2.45, 2.75) is 45.3 Å². The summed E-state index contributed by atoms with van der Waals surface area (Å²) in [5.74, 6) is 0. The lowest BCUT2D eigenvalue weighted by atomic mass is 10.1. The Hall–Kier alpha value is -0.120. The summed E-state index contributed by atoms with van der Waals surface area (Å²) in [7, 11) is 0. The summed E-state index contributed by atoms with van der Waals surface area (Å²) in [6, 6.07) is 0.410. The smallest absolute Gasteiger partial charge is 0.0972 e. The first-order chi connectivity index (χ1) is 5.52. The summed E-state index contributed by atoms with van der Waals surface area (Å²) in [4.78, 5) is 0. The monoisotopic (exact) mass is 175 g/mol. The molecular weight excluding hydrogens is 154 g/mol. The fourth-order valence-corrected chi connectivity index (χ4v) is 0.985. The highest BCUT2D eigenvalue weighted by Gasteiger charge is 2.18. The van der Waals surface area contributed by atoms with Crippen molar-refractivity contribution in [1.29, 1.82) is 0 Å². The summed E-state index contributed by atoms with van der Waals surface area (Å²) in [6.45, 7) is 6.08.